The average Bonchev–Trinajstić information content (AvgIpc) is 2.76. The van der Waals surface area contributed by atoms with Gasteiger partial charge in [0.05, 0.1) is 19.0 Å². The molecule has 2 aromatic carbocycles. The minimum absolute atomic E-state index is 0.0545. The Labute approximate surface area is 193 Å². The zero-order valence-corrected chi connectivity index (χ0v) is 19.4. The van der Waals surface area contributed by atoms with Crippen molar-refractivity contribution in [2.45, 2.75) is 25.2 Å². The van der Waals surface area contributed by atoms with E-state index in [1.165, 1.54) is 10.4 Å². The maximum Gasteiger partial charge on any atom is 0.223 e. The number of amides is 1. The molecule has 0 atom stereocenters. The molecule has 1 N–H and O–H groups in total. The second kappa shape index (κ2) is 11.3. The minimum Gasteiger partial charge on any atom is -0.375 e. The van der Waals surface area contributed by atoms with Crippen LogP contribution >= 0.6 is 23.2 Å². The summed E-state index contributed by atoms with van der Waals surface area (Å²) in [5, 5.41) is 3.68. The molecule has 0 aromatic heterocycles. The van der Waals surface area contributed by atoms with Crippen molar-refractivity contribution in [2.24, 2.45) is 5.92 Å². The molecule has 31 heavy (non-hydrogen) atoms. The Morgan fingerprint density at radius 3 is 2.48 bits per heavy atom. The van der Waals surface area contributed by atoms with Crippen LogP contribution in [0.1, 0.15) is 24.0 Å². The molecular weight excluding hydrogens is 459 g/mol. The van der Waals surface area contributed by atoms with Crippen molar-refractivity contribution in [2.75, 3.05) is 26.2 Å². The molecule has 0 unspecified atom stereocenters. The van der Waals surface area contributed by atoms with Crippen LogP contribution in [0.4, 0.5) is 0 Å². The van der Waals surface area contributed by atoms with Crippen molar-refractivity contribution in [3.05, 3.63) is 69.7 Å². The number of ether oxygens (including phenoxy) is 1. The van der Waals surface area contributed by atoms with Gasteiger partial charge in [0.2, 0.25) is 15.9 Å². The number of hydrogen-bond acceptors (Lipinski definition) is 4. The van der Waals surface area contributed by atoms with E-state index < -0.39 is 10.0 Å². The second-order valence-corrected chi connectivity index (χ2v) is 10.3. The highest BCUT2D eigenvalue weighted by Gasteiger charge is 2.31. The van der Waals surface area contributed by atoms with Crippen LogP contribution < -0.4 is 5.32 Å². The van der Waals surface area contributed by atoms with Crippen LogP contribution in [0.2, 0.25) is 10.0 Å². The van der Waals surface area contributed by atoms with E-state index in [0.29, 0.717) is 61.3 Å². The summed E-state index contributed by atoms with van der Waals surface area (Å²) >= 11 is 12.0. The molecule has 1 aliphatic rings. The Kier molecular flexibility index (Phi) is 8.75. The van der Waals surface area contributed by atoms with Crippen LogP contribution in [0, 0.1) is 5.92 Å². The van der Waals surface area contributed by atoms with E-state index in [1.54, 1.807) is 12.1 Å². The van der Waals surface area contributed by atoms with Gasteiger partial charge in [-0.25, -0.2) is 12.7 Å². The standard InChI is InChI=1S/C22H26Cl2N2O4S/c23-20-7-6-19(21(24)14-20)16-31(28,29)26-11-8-18(9-12-26)22(27)25-10-13-30-15-17-4-2-1-3-5-17/h1-7,14,18H,8-13,15-16H2,(H,25,27). The van der Waals surface area contributed by atoms with Crippen molar-refractivity contribution >= 4 is 39.1 Å². The lowest BCUT2D eigenvalue weighted by Gasteiger charge is -2.30. The van der Waals surface area contributed by atoms with Crippen LogP contribution in [-0.2, 0) is 31.9 Å². The molecular formula is C22H26Cl2N2O4S. The first-order chi connectivity index (χ1) is 14.8. The Morgan fingerprint density at radius 2 is 1.81 bits per heavy atom. The summed E-state index contributed by atoms with van der Waals surface area (Å²) < 4.78 is 32.5. The Hall–Kier alpha value is -1.64. The number of piperidine rings is 1. The second-order valence-electron chi connectivity index (χ2n) is 7.49. The van der Waals surface area contributed by atoms with Gasteiger partial charge < -0.3 is 10.1 Å². The van der Waals surface area contributed by atoms with E-state index in [9.17, 15) is 13.2 Å². The van der Waals surface area contributed by atoms with Gasteiger partial charge in [-0.1, -0.05) is 59.6 Å². The highest BCUT2D eigenvalue weighted by molar-refractivity contribution is 7.88. The van der Waals surface area contributed by atoms with Gasteiger partial charge in [0.25, 0.3) is 0 Å². The Morgan fingerprint density at radius 1 is 1.10 bits per heavy atom. The van der Waals surface area contributed by atoms with Gasteiger partial charge in [-0.3, -0.25) is 4.79 Å². The van der Waals surface area contributed by atoms with E-state index in [4.69, 9.17) is 27.9 Å². The summed E-state index contributed by atoms with van der Waals surface area (Å²) in [5.41, 5.74) is 1.60. The van der Waals surface area contributed by atoms with Crippen LogP contribution in [-0.4, -0.2) is 44.9 Å². The van der Waals surface area contributed by atoms with Crippen LogP contribution in [0.25, 0.3) is 0 Å². The topological polar surface area (TPSA) is 75.7 Å². The van der Waals surface area contributed by atoms with Crippen molar-refractivity contribution in [3.63, 3.8) is 0 Å². The average molecular weight is 485 g/mol. The van der Waals surface area contributed by atoms with Crippen LogP contribution in [0.5, 0.6) is 0 Å². The number of nitrogens with zero attached hydrogens (tertiary/aromatic N) is 1. The molecule has 1 amide bonds. The lowest BCUT2D eigenvalue weighted by molar-refractivity contribution is -0.126. The molecule has 6 nitrogen and oxygen atoms in total. The van der Waals surface area contributed by atoms with Crippen LogP contribution in [0.3, 0.4) is 0 Å². The number of rotatable bonds is 9. The molecule has 0 spiro atoms. The first-order valence-corrected chi connectivity index (χ1v) is 12.5. The predicted octanol–water partition coefficient (Wildman–Crippen LogP) is 3.87. The summed E-state index contributed by atoms with van der Waals surface area (Å²) in [6, 6.07) is 14.6. The smallest absolute Gasteiger partial charge is 0.223 e. The first-order valence-electron chi connectivity index (χ1n) is 10.2. The molecule has 1 heterocycles. The quantitative estimate of drug-likeness (QED) is 0.548. The third-order valence-electron chi connectivity index (χ3n) is 5.23. The molecule has 2 aromatic rings. The number of carbonyl (C=O) groups excluding carboxylic acids is 1. The normalized spacial score (nSPS) is 15.7. The SMILES string of the molecule is O=C(NCCOCc1ccccc1)C1CCN(S(=O)(=O)Cc2ccc(Cl)cc2Cl)CC1. The zero-order valence-electron chi connectivity index (χ0n) is 17.1. The fourth-order valence-corrected chi connectivity index (χ4v) is 5.63. The minimum atomic E-state index is -3.52. The summed E-state index contributed by atoms with van der Waals surface area (Å²) in [5.74, 6) is -0.431. The van der Waals surface area contributed by atoms with Gasteiger partial charge >= 0.3 is 0 Å². The van der Waals surface area contributed by atoms with E-state index in [-0.39, 0.29) is 17.6 Å². The summed E-state index contributed by atoms with van der Waals surface area (Å²) in [7, 11) is -3.52. The third-order valence-corrected chi connectivity index (χ3v) is 7.64. The maximum atomic E-state index is 12.7. The zero-order chi connectivity index (χ0) is 22.3. The van der Waals surface area contributed by atoms with Gasteiger partial charge in [0.1, 0.15) is 0 Å². The van der Waals surface area contributed by atoms with Gasteiger partial charge in [-0.15, -0.1) is 0 Å². The van der Waals surface area contributed by atoms with Crippen molar-refractivity contribution in [3.8, 4) is 0 Å². The number of hydrogen-bond donors (Lipinski definition) is 1. The highest BCUT2D eigenvalue weighted by Crippen LogP contribution is 2.26. The largest absolute Gasteiger partial charge is 0.375 e. The number of carbonyl (C=O) groups is 1. The maximum absolute atomic E-state index is 12.7. The highest BCUT2D eigenvalue weighted by atomic mass is 35.5. The predicted molar refractivity (Wildman–Crippen MR) is 122 cm³/mol. The number of sulfonamides is 1. The number of nitrogens with one attached hydrogen (secondary N) is 1. The third kappa shape index (κ3) is 7.19. The van der Waals surface area contributed by atoms with E-state index in [0.717, 1.165) is 5.56 Å². The van der Waals surface area contributed by atoms with Gasteiger partial charge in [-0.05, 0) is 36.1 Å². The molecule has 1 aliphatic heterocycles. The Balaban J connectivity index is 1.39. The summed E-state index contributed by atoms with van der Waals surface area (Å²) in [6.45, 7) is 1.99. The van der Waals surface area contributed by atoms with E-state index in [2.05, 4.69) is 5.32 Å². The fraction of sp³-hybridized carbons (Fsp3) is 0.409. The molecule has 0 radical (unpaired) electrons. The lowest BCUT2D eigenvalue weighted by Crippen LogP contribution is -2.43. The number of halogens is 2. The van der Waals surface area contributed by atoms with E-state index in [1.807, 2.05) is 30.3 Å². The van der Waals surface area contributed by atoms with Crippen molar-refractivity contribution in [1.82, 2.24) is 9.62 Å². The van der Waals surface area contributed by atoms with Gasteiger partial charge in [-0.2, -0.15) is 0 Å². The van der Waals surface area contributed by atoms with Crippen molar-refractivity contribution in [1.29, 1.82) is 0 Å². The Bertz CT molecular complexity index is 978. The lowest BCUT2D eigenvalue weighted by atomic mass is 9.97. The van der Waals surface area contributed by atoms with Crippen molar-refractivity contribution < 1.29 is 17.9 Å². The monoisotopic (exact) mass is 484 g/mol. The molecule has 3 rings (SSSR count). The molecule has 9 heteroatoms. The van der Waals surface area contributed by atoms with Gasteiger partial charge in [0, 0.05) is 35.6 Å². The first kappa shape index (κ1) is 24.0. The molecule has 0 aliphatic carbocycles. The summed E-state index contributed by atoms with van der Waals surface area (Å²) in [6.07, 6.45) is 0.981. The van der Waals surface area contributed by atoms with Gasteiger partial charge in [0.15, 0.2) is 0 Å². The summed E-state index contributed by atoms with van der Waals surface area (Å²) in [4.78, 5) is 12.4. The number of benzene rings is 2. The fourth-order valence-electron chi connectivity index (χ4n) is 3.48. The molecule has 0 bridgehead atoms. The molecule has 0 saturated carbocycles. The van der Waals surface area contributed by atoms with Crippen LogP contribution in [0.15, 0.2) is 48.5 Å². The molecule has 1 saturated heterocycles. The van der Waals surface area contributed by atoms with E-state index >= 15 is 0 Å². The molecule has 168 valence electrons. The molecule has 1 fully saturated rings.